The first-order chi connectivity index (χ1) is 10.8. The highest BCUT2D eigenvalue weighted by Crippen LogP contribution is 2.57. The number of hydrogen-bond acceptors (Lipinski definition) is 2. The third kappa shape index (κ3) is 2.04. The summed E-state index contributed by atoms with van der Waals surface area (Å²) in [6.07, 6.45) is -1.86. The van der Waals surface area contributed by atoms with Crippen molar-refractivity contribution in [3.05, 3.63) is 28.8 Å². The lowest BCUT2D eigenvalue weighted by atomic mass is 9.81. The molecule has 2 bridgehead atoms. The molecule has 23 heavy (non-hydrogen) atoms. The van der Waals surface area contributed by atoms with Crippen molar-refractivity contribution in [2.45, 2.75) is 25.4 Å². The molecular formula is C16H13ClF3NO2. The SMILES string of the molecule is O=C1[C@@H]2[C@H]3CC[C@@H](C3)[C@@H]2C(=O)N1c1cc(C(F)(F)F)ccc1Cl. The molecule has 4 rings (SSSR count). The van der Waals surface area contributed by atoms with Crippen LogP contribution in [0.1, 0.15) is 24.8 Å². The van der Waals surface area contributed by atoms with Crippen molar-refractivity contribution in [2.24, 2.45) is 23.7 Å². The number of carbonyl (C=O) groups excluding carboxylic acids is 2. The molecule has 1 heterocycles. The number of rotatable bonds is 1. The lowest BCUT2D eigenvalue weighted by Crippen LogP contribution is -2.33. The fourth-order valence-corrected chi connectivity index (χ4v) is 4.71. The number of hydrogen-bond donors (Lipinski definition) is 0. The summed E-state index contributed by atoms with van der Waals surface area (Å²) in [5.41, 5.74) is -1.07. The Labute approximate surface area is 135 Å². The predicted octanol–water partition coefficient (Wildman–Crippen LogP) is 3.89. The van der Waals surface area contributed by atoms with Crippen molar-refractivity contribution in [3.63, 3.8) is 0 Å². The summed E-state index contributed by atoms with van der Waals surface area (Å²) in [6, 6.07) is 2.73. The summed E-state index contributed by atoms with van der Waals surface area (Å²) >= 11 is 5.99. The highest BCUT2D eigenvalue weighted by atomic mass is 35.5. The van der Waals surface area contributed by atoms with Gasteiger partial charge in [-0.3, -0.25) is 9.59 Å². The van der Waals surface area contributed by atoms with E-state index in [4.69, 9.17) is 11.6 Å². The highest BCUT2D eigenvalue weighted by molar-refractivity contribution is 6.36. The van der Waals surface area contributed by atoms with Crippen LogP contribution >= 0.6 is 11.6 Å². The number of anilines is 1. The summed E-state index contributed by atoms with van der Waals surface area (Å²) in [6.45, 7) is 0. The third-order valence-corrected chi connectivity index (χ3v) is 5.76. The van der Waals surface area contributed by atoms with Gasteiger partial charge in [0, 0.05) is 0 Å². The van der Waals surface area contributed by atoms with Gasteiger partial charge in [0.15, 0.2) is 0 Å². The zero-order chi connectivity index (χ0) is 16.5. The lowest BCUT2D eigenvalue weighted by Gasteiger charge is -2.20. The van der Waals surface area contributed by atoms with Gasteiger partial charge >= 0.3 is 6.18 Å². The van der Waals surface area contributed by atoms with Gasteiger partial charge in [-0.2, -0.15) is 13.2 Å². The Hall–Kier alpha value is -1.56. The van der Waals surface area contributed by atoms with Crippen LogP contribution in [0.4, 0.5) is 18.9 Å². The summed E-state index contributed by atoms with van der Waals surface area (Å²) in [5.74, 6) is -1.20. The summed E-state index contributed by atoms with van der Waals surface area (Å²) in [7, 11) is 0. The first-order valence-electron chi connectivity index (χ1n) is 7.53. The summed E-state index contributed by atoms with van der Waals surface area (Å²) in [5, 5.41) is -0.0213. The summed E-state index contributed by atoms with van der Waals surface area (Å²) < 4.78 is 38.7. The van der Waals surface area contributed by atoms with Crippen molar-refractivity contribution in [1.29, 1.82) is 0 Å². The van der Waals surface area contributed by atoms with Crippen LogP contribution in [0.3, 0.4) is 0 Å². The highest BCUT2D eigenvalue weighted by Gasteiger charge is 2.61. The van der Waals surface area contributed by atoms with Gasteiger partial charge in [-0.25, -0.2) is 4.90 Å². The van der Waals surface area contributed by atoms with Crippen LogP contribution in [-0.4, -0.2) is 11.8 Å². The van der Waals surface area contributed by atoms with E-state index in [2.05, 4.69) is 0 Å². The van der Waals surface area contributed by atoms with Crippen LogP contribution < -0.4 is 4.90 Å². The molecule has 1 aromatic carbocycles. The Morgan fingerprint density at radius 2 is 1.61 bits per heavy atom. The van der Waals surface area contributed by atoms with Gasteiger partial charge in [0.2, 0.25) is 11.8 Å². The second kappa shape index (κ2) is 4.72. The topological polar surface area (TPSA) is 37.4 Å². The second-order valence-corrected chi connectivity index (χ2v) is 6.97. The molecule has 1 saturated heterocycles. The number of fused-ring (bicyclic) bond motifs is 5. The van der Waals surface area contributed by atoms with E-state index in [1.165, 1.54) is 0 Å². The van der Waals surface area contributed by atoms with Crippen molar-refractivity contribution in [3.8, 4) is 0 Å². The molecule has 3 nitrogen and oxygen atoms in total. The molecule has 0 spiro atoms. The molecule has 122 valence electrons. The standard InChI is InChI=1S/C16H13ClF3NO2/c17-10-4-3-9(16(18,19)20)6-11(10)21-14(22)12-7-1-2-8(5-7)13(12)15(21)23/h3-4,6-8,12-13H,1-2,5H2/t7-,8-,12-,13+/m0/s1. The maximum atomic E-state index is 12.9. The van der Waals surface area contributed by atoms with Crippen LogP contribution in [0, 0.1) is 23.7 Å². The minimum Gasteiger partial charge on any atom is -0.274 e. The smallest absolute Gasteiger partial charge is 0.274 e. The monoisotopic (exact) mass is 343 g/mol. The van der Waals surface area contributed by atoms with E-state index in [0.717, 1.165) is 42.4 Å². The predicted molar refractivity (Wildman–Crippen MR) is 76.8 cm³/mol. The van der Waals surface area contributed by atoms with Crippen LogP contribution in [0.5, 0.6) is 0 Å². The molecule has 3 fully saturated rings. The average molecular weight is 344 g/mol. The van der Waals surface area contributed by atoms with Crippen molar-refractivity contribution >= 4 is 29.1 Å². The molecule has 3 aliphatic rings. The molecule has 7 heteroatoms. The Balaban J connectivity index is 1.77. The zero-order valence-electron chi connectivity index (χ0n) is 11.9. The largest absolute Gasteiger partial charge is 0.416 e. The van der Waals surface area contributed by atoms with Gasteiger partial charge in [0.1, 0.15) is 0 Å². The number of halogens is 4. The Bertz CT molecular complexity index is 690. The van der Waals surface area contributed by atoms with Crippen LogP contribution in [0.2, 0.25) is 5.02 Å². The van der Waals surface area contributed by atoms with E-state index in [-0.39, 0.29) is 34.4 Å². The van der Waals surface area contributed by atoms with Crippen LogP contribution in [0.15, 0.2) is 18.2 Å². The molecule has 0 aromatic heterocycles. The van der Waals surface area contributed by atoms with Gasteiger partial charge in [0.25, 0.3) is 0 Å². The normalized spacial score (nSPS) is 32.8. The minimum atomic E-state index is -4.56. The van der Waals surface area contributed by atoms with E-state index >= 15 is 0 Å². The van der Waals surface area contributed by atoms with E-state index in [1.807, 2.05) is 0 Å². The van der Waals surface area contributed by atoms with Gasteiger partial charge in [-0.05, 0) is 49.3 Å². The van der Waals surface area contributed by atoms with E-state index in [0.29, 0.717) is 0 Å². The molecule has 1 aliphatic heterocycles. The molecule has 2 saturated carbocycles. The average Bonchev–Trinajstić information content (AvgIpc) is 3.13. The lowest BCUT2D eigenvalue weighted by molar-refractivity contribution is -0.137. The van der Waals surface area contributed by atoms with Gasteiger partial charge in [-0.15, -0.1) is 0 Å². The van der Waals surface area contributed by atoms with Crippen LogP contribution in [0.25, 0.3) is 0 Å². The number of imide groups is 1. The molecule has 0 unspecified atom stereocenters. The van der Waals surface area contributed by atoms with Crippen molar-refractivity contribution < 1.29 is 22.8 Å². The van der Waals surface area contributed by atoms with Crippen molar-refractivity contribution in [1.82, 2.24) is 0 Å². The second-order valence-electron chi connectivity index (χ2n) is 6.56. The third-order valence-electron chi connectivity index (χ3n) is 5.44. The number of nitrogens with zero attached hydrogens (tertiary/aromatic N) is 1. The molecule has 0 radical (unpaired) electrons. The van der Waals surface area contributed by atoms with Gasteiger partial charge < -0.3 is 0 Å². The minimum absolute atomic E-state index is 0.0213. The molecule has 4 atom stereocenters. The number of benzene rings is 1. The first kappa shape index (κ1) is 15.0. The maximum Gasteiger partial charge on any atom is 0.416 e. The Morgan fingerprint density at radius 3 is 2.13 bits per heavy atom. The molecular weight excluding hydrogens is 331 g/mol. The zero-order valence-corrected chi connectivity index (χ0v) is 12.7. The molecule has 2 amide bonds. The number of carbonyl (C=O) groups is 2. The molecule has 0 N–H and O–H groups in total. The number of alkyl halides is 3. The fourth-order valence-electron chi connectivity index (χ4n) is 4.51. The van der Waals surface area contributed by atoms with Crippen LogP contribution in [-0.2, 0) is 15.8 Å². The van der Waals surface area contributed by atoms with E-state index in [1.54, 1.807) is 0 Å². The molecule has 1 aromatic rings. The quantitative estimate of drug-likeness (QED) is 0.725. The Kier molecular flexibility index (Phi) is 3.08. The van der Waals surface area contributed by atoms with Gasteiger partial charge in [-0.1, -0.05) is 11.6 Å². The summed E-state index contributed by atoms with van der Waals surface area (Å²) in [4.78, 5) is 26.2. The Morgan fingerprint density at radius 1 is 1.04 bits per heavy atom. The van der Waals surface area contributed by atoms with E-state index < -0.39 is 23.6 Å². The number of amides is 2. The van der Waals surface area contributed by atoms with Gasteiger partial charge in [0.05, 0.1) is 28.1 Å². The first-order valence-corrected chi connectivity index (χ1v) is 7.91. The van der Waals surface area contributed by atoms with E-state index in [9.17, 15) is 22.8 Å². The fraction of sp³-hybridized carbons (Fsp3) is 0.500. The maximum absolute atomic E-state index is 12.9. The molecule has 2 aliphatic carbocycles. The van der Waals surface area contributed by atoms with Crippen molar-refractivity contribution in [2.75, 3.05) is 4.90 Å².